The second kappa shape index (κ2) is 7.01. The molecule has 1 amide bonds. The molecular formula is C13H21N3O. The van der Waals surface area contributed by atoms with E-state index >= 15 is 0 Å². The van der Waals surface area contributed by atoms with Crippen LogP contribution >= 0.6 is 0 Å². The summed E-state index contributed by atoms with van der Waals surface area (Å²) in [5.74, 6) is 0.648. The molecule has 0 aliphatic rings. The molecule has 1 rings (SSSR count). The van der Waals surface area contributed by atoms with E-state index in [2.05, 4.69) is 11.9 Å². The Labute approximate surface area is 103 Å². The fourth-order valence-corrected chi connectivity index (χ4v) is 1.68. The number of hydrogen-bond donors (Lipinski definition) is 1. The fraction of sp³-hybridized carbons (Fsp3) is 0.538. The van der Waals surface area contributed by atoms with Crippen LogP contribution in [0, 0.1) is 5.92 Å². The summed E-state index contributed by atoms with van der Waals surface area (Å²) in [6.07, 6.45) is 5.82. The Morgan fingerprint density at radius 1 is 1.41 bits per heavy atom. The van der Waals surface area contributed by atoms with Crippen molar-refractivity contribution in [3.63, 3.8) is 0 Å². The molecule has 0 spiro atoms. The van der Waals surface area contributed by atoms with Gasteiger partial charge in [0.25, 0.3) is 0 Å². The molecule has 1 aromatic heterocycles. The molecule has 0 fully saturated rings. The normalized spacial score (nSPS) is 12.2. The van der Waals surface area contributed by atoms with Crippen LogP contribution < -0.4 is 10.6 Å². The predicted octanol–water partition coefficient (Wildman–Crippen LogP) is 1.81. The van der Waals surface area contributed by atoms with E-state index in [1.165, 1.54) is 0 Å². The maximum absolute atomic E-state index is 11.9. The van der Waals surface area contributed by atoms with E-state index in [9.17, 15) is 4.79 Å². The highest BCUT2D eigenvalue weighted by Crippen LogP contribution is 2.14. The van der Waals surface area contributed by atoms with Crippen LogP contribution in [0.25, 0.3) is 0 Å². The van der Waals surface area contributed by atoms with Gasteiger partial charge in [-0.05, 0) is 37.4 Å². The van der Waals surface area contributed by atoms with Crippen molar-refractivity contribution in [2.45, 2.75) is 26.2 Å². The van der Waals surface area contributed by atoms with Gasteiger partial charge in [0.15, 0.2) is 0 Å². The topological polar surface area (TPSA) is 59.2 Å². The fourth-order valence-electron chi connectivity index (χ4n) is 1.68. The first-order valence-electron chi connectivity index (χ1n) is 6.01. The van der Waals surface area contributed by atoms with Gasteiger partial charge in [-0.25, -0.2) is 0 Å². The van der Waals surface area contributed by atoms with Gasteiger partial charge < -0.3 is 10.6 Å². The minimum Gasteiger partial charge on any atom is -0.330 e. The van der Waals surface area contributed by atoms with Crippen molar-refractivity contribution < 1.29 is 4.79 Å². The van der Waals surface area contributed by atoms with Gasteiger partial charge in [0, 0.05) is 31.5 Å². The molecule has 0 saturated carbocycles. The van der Waals surface area contributed by atoms with Crippen LogP contribution in [0.3, 0.4) is 0 Å². The van der Waals surface area contributed by atoms with E-state index < -0.39 is 0 Å². The van der Waals surface area contributed by atoms with Crippen molar-refractivity contribution >= 4 is 11.6 Å². The van der Waals surface area contributed by atoms with E-state index in [-0.39, 0.29) is 5.91 Å². The second-order valence-corrected chi connectivity index (χ2v) is 4.38. The molecule has 0 aromatic carbocycles. The minimum absolute atomic E-state index is 0.139. The number of carbonyl (C=O) groups is 1. The average Bonchev–Trinajstić information content (AvgIpc) is 2.36. The Morgan fingerprint density at radius 2 is 2.06 bits per heavy atom. The van der Waals surface area contributed by atoms with Crippen molar-refractivity contribution in [3.05, 3.63) is 24.5 Å². The van der Waals surface area contributed by atoms with Crippen molar-refractivity contribution in [1.29, 1.82) is 0 Å². The zero-order chi connectivity index (χ0) is 12.7. The van der Waals surface area contributed by atoms with Gasteiger partial charge in [0.1, 0.15) is 0 Å². The van der Waals surface area contributed by atoms with Crippen LogP contribution in [0.5, 0.6) is 0 Å². The van der Waals surface area contributed by atoms with Crippen LogP contribution in [0.4, 0.5) is 5.69 Å². The highest BCUT2D eigenvalue weighted by Gasteiger charge is 2.12. The lowest BCUT2D eigenvalue weighted by molar-refractivity contribution is -0.118. The van der Waals surface area contributed by atoms with E-state index in [1.54, 1.807) is 24.3 Å². The summed E-state index contributed by atoms with van der Waals surface area (Å²) in [6, 6.07) is 3.67. The molecule has 17 heavy (non-hydrogen) atoms. The number of carbonyl (C=O) groups excluding carboxylic acids is 1. The molecule has 2 N–H and O–H groups in total. The smallest absolute Gasteiger partial charge is 0.226 e. The standard InChI is InChI=1S/C13H21N3O/c1-11(5-8-14)3-4-13(17)16(2)12-6-9-15-10-7-12/h6-7,9-11H,3-5,8,14H2,1-2H3. The molecule has 4 heteroatoms. The lowest BCUT2D eigenvalue weighted by Gasteiger charge is -2.18. The molecule has 1 unspecified atom stereocenters. The van der Waals surface area contributed by atoms with Crippen LogP contribution in [-0.2, 0) is 4.79 Å². The Morgan fingerprint density at radius 3 is 2.65 bits per heavy atom. The Kier molecular flexibility index (Phi) is 5.63. The predicted molar refractivity (Wildman–Crippen MR) is 69.7 cm³/mol. The third-order valence-electron chi connectivity index (χ3n) is 2.93. The van der Waals surface area contributed by atoms with Crippen molar-refractivity contribution in [2.75, 3.05) is 18.5 Å². The molecule has 1 aromatic rings. The third kappa shape index (κ3) is 4.53. The number of rotatable bonds is 6. The molecule has 0 bridgehead atoms. The van der Waals surface area contributed by atoms with Gasteiger partial charge in [-0.3, -0.25) is 9.78 Å². The highest BCUT2D eigenvalue weighted by atomic mass is 16.2. The molecule has 0 aliphatic heterocycles. The number of pyridine rings is 1. The summed E-state index contributed by atoms with van der Waals surface area (Å²) < 4.78 is 0. The number of aromatic nitrogens is 1. The van der Waals surface area contributed by atoms with Crippen LogP contribution in [0.1, 0.15) is 26.2 Å². The summed E-state index contributed by atoms with van der Waals surface area (Å²) in [5.41, 5.74) is 6.37. The van der Waals surface area contributed by atoms with E-state index in [0.29, 0.717) is 18.9 Å². The molecule has 1 atom stereocenters. The summed E-state index contributed by atoms with van der Waals surface area (Å²) in [6.45, 7) is 2.82. The zero-order valence-electron chi connectivity index (χ0n) is 10.6. The first-order valence-corrected chi connectivity index (χ1v) is 6.01. The SMILES string of the molecule is CC(CCN)CCC(=O)N(C)c1ccncc1. The van der Waals surface area contributed by atoms with E-state index in [4.69, 9.17) is 5.73 Å². The third-order valence-corrected chi connectivity index (χ3v) is 2.93. The Hall–Kier alpha value is -1.42. The molecule has 0 aliphatic carbocycles. The maximum Gasteiger partial charge on any atom is 0.226 e. The van der Waals surface area contributed by atoms with Gasteiger partial charge in [0.2, 0.25) is 5.91 Å². The highest BCUT2D eigenvalue weighted by molar-refractivity contribution is 5.92. The van der Waals surface area contributed by atoms with Crippen molar-refractivity contribution in [2.24, 2.45) is 11.7 Å². The molecule has 0 saturated heterocycles. The molecule has 1 heterocycles. The number of nitrogens with zero attached hydrogens (tertiary/aromatic N) is 2. The van der Waals surface area contributed by atoms with Gasteiger partial charge in [-0.1, -0.05) is 6.92 Å². The second-order valence-electron chi connectivity index (χ2n) is 4.38. The van der Waals surface area contributed by atoms with E-state index in [0.717, 1.165) is 18.5 Å². The molecule has 4 nitrogen and oxygen atoms in total. The van der Waals surface area contributed by atoms with Crippen LogP contribution in [0.15, 0.2) is 24.5 Å². The zero-order valence-corrected chi connectivity index (χ0v) is 10.6. The lowest BCUT2D eigenvalue weighted by atomic mass is 10.0. The van der Waals surface area contributed by atoms with Gasteiger partial charge >= 0.3 is 0 Å². The number of nitrogens with two attached hydrogens (primary N) is 1. The average molecular weight is 235 g/mol. The van der Waals surface area contributed by atoms with Crippen LogP contribution in [0.2, 0.25) is 0 Å². The summed E-state index contributed by atoms with van der Waals surface area (Å²) in [4.78, 5) is 17.5. The summed E-state index contributed by atoms with van der Waals surface area (Å²) in [5, 5.41) is 0. The van der Waals surface area contributed by atoms with E-state index in [1.807, 2.05) is 12.1 Å². The summed E-state index contributed by atoms with van der Waals surface area (Å²) in [7, 11) is 1.80. The minimum atomic E-state index is 0.139. The molecular weight excluding hydrogens is 214 g/mol. The monoisotopic (exact) mass is 235 g/mol. The number of hydrogen-bond acceptors (Lipinski definition) is 3. The van der Waals surface area contributed by atoms with Gasteiger partial charge in [-0.2, -0.15) is 0 Å². The molecule has 94 valence electrons. The van der Waals surface area contributed by atoms with Gasteiger partial charge in [0.05, 0.1) is 0 Å². The summed E-state index contributed by atoms with van der Waals surface area (Å²) >= 11 is 0. The number of amides is 1. The first-order chi connectivity index (χ1) is 8.15. The molecule has 0 radical (unpaired) electrons. The quantitative estimate of drug-likeness (QED) is 0.818. The maximum atomic E-state index is 11.9. The Bertz CT molecular complexity index is 340. The largest absolute Gasteiger partial charge is 0.330 e. The first kappa shape index (κ1) is 13.6. The Balaban J connectivity index is 2.43. The lowest BCUT2D eigenvalue weighted by Crippen LogP contribution is -2.26. The van der Waals surface area contributed by atoms with Crippen molar-refractivity contribution in [1.82, 2.24) is 4.98 Å². The van der Waals surface area contributed by atoms with Gasteiger partial charge in [-0.15, -0.1) is 0 Å². The van der Waals surface area contributed by atoms with Crippen LogP contribution in [-0.4, -0.2) is 24.5 Å². The number of anilines is 1. The van der Waals surface area contributed by atoms with Crippen molar-refractivity contribution in [3.8, 4) is 0 Å².